The second kappa shape index (κ2) is 11.3. The van der Waals surface area contributed by atoms with E-state index in [-0.39, 0.29) is 22.1 Å². The van der Waals surface area contributed by atoms with Crippen LogP contribution in [0.25, 0.3) is 0 Å². The van der Waals surface area contributed by atoms with E-state index in [9.17, 15) is 14.1 Å². The first-order valence-corrected chi connectivity index (χ1v) is 12.5. The molecule has 1 aliphatic heterocycles. The van der Waals surface area contributed by atoms with Gasteiger partial charge in [0.15, 0.2) is 5.75 Å². The van der Waals surface area contributed by atoms with Crippen LogP contribution in [0.5, 0.6) is 11.5 Å². The Hall–Kier alpha value is -2.62. The Bertz CT molecular complexity index is 1010. The third-order valence-corrected chi connectivity index (χ3v) is 6.83. The number of carboxylic acids is 1. The maximum absolute atomic E-state index is 13.5. The van der Waals surface area contributed by atoms with Crippen LogP contribution >= 0.6 is 0 Å². The Morgan fingerprint density at radius 1 is 1.25 bits per heavy atom. The van der Waals surface area contributed by atoms with Crippen molar-refractivity contribution >= 4 is 21.6 Å². The topological polar surface area (TPSA) is 121 Å². The molecule has 0 aliphatic carbocycles. The van der Waals surface area contributed by atoms with E-state index in [4.69, 9.17) is 14.3 Å². The van der Waals surface area contributed by atoms with Crippen LogP contribution in [0.2, 0.25) is 0 Å². The van der Waals surface area contributed by atoms with Gasteiger partial charge in [0.05, 0.1) is 11.3 Å². The van der Waals surface area contributed by atoms with Crippen molar-refractivity contribution in [2.45, 2.75) is 37.5 Å². The minimum atomic E-state index is -3.54. The number of carbonyl (C=O) groups is 1. The number of aromatic carboxylic acids is 1. The lowest BCUT2D eigenvalue weighted by molar-refractivity contribution is 0.0678. The van der Waals surface area contributed by atoms with Crippen LogP contribution in [0, 0.1) is 10.7 Å². The van der Waals surface area contributed by atoms with Gasteiger partial charge in [0.2, 0.25) is 0 Å². The lowest BCUT2D eigenvalue weighted by atomic mass is 10.0. The number of anilines is 1. The number of hydrogen-bond donors (Lipinski definition) is 4. The van der Waals surface area contributed by atoms with Crippen LogP contribution in [0.4, 0.5) is 5.69 Å². The number of unbranched alkanes of at least 4 members (excludes halogenated alkanes) is 1. The minimum Gasteiger partial charge on any atom is -0.478 e. The predicted molar refractivity (Wildman–Crippen MR) is 124 cm³/mol. The lowest BCUT2D eigenvalue weighted by Gasteiger charge is -2.24. The molecule has 0 spiro atoms. The number of ether oxygens (including phenoxy) is 2. The molecular weight excluding hydrogens is 430 g/mol. The molecule has 9 heteroatoms. The summed E-state index contributed by atoms with van der Waals surface area (Å²) >= 11 is 0. The molecule has 1 fully saturated rings. The van der Waals surface area contributed by atoms with Crippen molar-refractivity contribution in [1.82, 2.24) is 4.72 Å². The molecule has 2 aromatic carbocycles. The molecule has 1 aliphatic rings. The van der Waals surface area contributed by atoms with Gasteiger partial charge in [-0.15, -0.1) is 0 Å². The van der Waals surface area contributed by atoms with E-state index in [2.05, 4.69) is 17.0 Å². The number of carboxylic acid groups (broad SMARTS) is 1. The van der Waals surface area contributed by atoms with Crippen LogP contribution in [0.3, 0.4) is 0 Å². The zero-order chi connectivity index (χ0) is 23.0. The van der Waals surface area contributed by atoms with Crippen molar-refractivity contribution in [2.75, 3.05) is 31.6 Å². The maximum atomic E-state index is 13.5. The van der Waals surface area contributed by atoms with Gasteiger partial charge >= 0.3 is 5.97 Å². The van der Waals surface area contributed by atoms with Gasteiger partial charge in [-0.2, -0.15) is 0 Å². The van der Waals surface area contributed by atoms with E-state index in [0.29, 0.717) is 37.7 Å². The molecule has 3 rings (SSSR count). The molecule has 1 saturated heterocycles. The fraction of sp³-hybridized carbons (Fsp3) is 0.435. The van der Waals surface area contributed by atoms with Crippen LogP contribution in [-0.4, -0.2) is 41.6 Å². The van der Waals surface area contributed by atoms with Crippen molar-refractivity contribution in [2.24, 2.45) is 5.92 Å². The summed E-state index contributed by atoms with van der Waals surface area (Å²) in [5.74, 6) is -0.194. The fourth-order valence-corrected chi connectivity index (χ4v) is 4.78. The average molecular weight is 462 g/mol. The number of rotatable bonds is 11. The fourth-order valence-electron chi connectivity index (χ4n) is 3.45. The summed E-state index contributed by atoms with van der Waals surface area (Å²) in [4.78, 5) is 11.8. The van der Waals surface area contributed by atoms with E-state index in [0.717, 1.165) is 25.7 Å². The first-order chi connectivity index (χ1) is 15.4. The van der Waals surface area contributed by atoms with E-state index < -0.39 is 15.9 Å². The highest BCUT2D eigenvalue weighted by Gasteiger charge is 2.25. The van der Waals surface area contributed by atoms with Gasteiger partial charge in [-0.1, -0.05) is 31.5 Å². The molecule has 1 heterocycles. The van der Waals surface area contributed by atoms with Gasteiger partial charge < -0.3 is 19.9 Å². The normalized spacial score (nSPS) is 16.3. The molecule has 4 N–H and O–H groups in total. The monoisotopic (exact) mass is 461 g/mol. The summed E-state index contributed by atoms with van der Waals surface area (Å²) in [5, 5.41) is 12.8. The summed E-state index contributed by atoms with van der Waals surface area (Å²) in [6.45, 7) is 4.33. The molecule has 32 heavy (non-hydrogen) atoms. The number of nitrogens with one attached hydrogen (secondary N) is 3. The third kappa shape index (κ3) is 6.44. The molecule has 8 nitrogen and oxygen atoms in total. The maximum Gasteiger partial charge on any atom is 0.335 e. The Kier molecular flexibility index (Phi) is 8.49. The Labute approximate surface area is 189 Å². The third-order valence-electron chi connectivity index (χ3n) is 5.34. The number of benzene rings is 2. The van der Waals surface area contributed by atoms with Crippen molar-refractivity contribution in [3.05, 3.63) is 48.0 Å². The predicted octanol–water partition coefficient (Wildman–Crippen LogP) is 4.73. The van der Waals surface area contributed by atoms with Crippen molar-refractivity contribution in [3.63, 3.8) is 0 Å². The first kappa shape index (κ1) is 24.0. The van der Waals surface area contributed by atoms with Gasteiger partial charge in [-0.25, -0.2) is 18.5 Å². The van der Waals surface area contributed by atoms with Crippen LogP contribution < -0.4 is 14.8 Å². The van der Waals surface area contributed by atoms with Crippen molar-refractivity contribution in [3.8, 4) is 11.5 Å². The van der Waals surface area contributed by atoms with Gasteiger partial charge in [-0.3, -0.25) is 0 Å². The van der Waals surface area contributed by atoms with E-state index in [1.807, 2.05) is 18.2 Å². The summed E-state index contributed by atoms with van der Waals surface area (Å²) in [7, 11) is -3.54. The minimum absolute atomic E-state index is 0.0207. The molecule has 0 bridgehead atoms. The van der Waals surface area contributed by atoms with Crippen LogP contribution in [0.15, 0.2) is 47.4 Å². The van der Waals surface area contributed by atoms with Gasteiger partial charge in [0, 0.05) is 26.3 Å². The Balaban J connectivity index is 2.00. The average Bonchev–Trinajstić information content (AvgIpc) is 2.80. The van der Waals surface area contributed by atoms with Crippen LogP contribution in [-0.2, 0) is 14.7 Å². The SMILES string of the molecule is CCCCNc1cc(C(=O)O)cc(S(=N)(=O)NCC2CCOCC2)c1Oc1ccccc1. The number of para-hydroxylation sites is 1. The summed E-state index contributed by atoms with van der Waals surface area (Å²) in [6.07, 6.45) is 3.48. The van der Waals surface area contributed by atoms with Gasteiger partial charge in [-0.05, 0) is 49.4 Å². The molecule has 2 aromatic rings. The number of hydrogen-bond acceptors (Lipinski definition) is 6. The van der Waals surface area contributed by atoms with Gasteiger partial charge in [0.1, 0.15) is 20.6 Å². The molecule has 1 unspecified atom stereocenters. The molecule has 1 atom stereocenters. The van der Waals surface area contributed by atoms with Crippen LogP contribution in [0.1, 0.15) is 43.0 Å². The van der Waals surface area contributed by atoms with Crippen molar-refractivity contribution < 1.29 is 23.6 Å². The lowest BCUT2D eigenvalue weighted by Crippen LogP contribution is -2.32. The second-order valence-electron chi connectivity index (χ2n) is 7.81. The standard InChI is InChI=1S/C23H31N3O5S/c1-2-3-11-25-20-14-18(23(27)28)15-21(22(20)31-19-7-5-4-6-8-19)32(24,29)26-16-17-9-12-30-13-10-17/h4-8,14-15,17,25H,2-3,9-13,16H2,1H3,(H,27,28)(H2,24,26,29). The molecule has 174 valence electrons. The van der Waals surface area contributed by atoms with Gasteiger partial charge in [0.25, 0.3) is 0 Å². The second-order valence-corrected chi connectivity index (χ2v) is 9.65. The summed E-state index contributed by atoms with van der Waals surface area (Å²) in [6, 6.07) is 11.7. The quantitative estimate of drug-likeness (QED) is 0.359. The van der Waals surface area contributed by atoms with E-state index >= 15 is 0 Å². The summed E-state index contributed by atoms with van der Waals surface area (Å²) in [5.41, 5.74) is 0.359. The Morgan fingerprint density at radius 2 is 1.97 bits per heavy atom. The van der Waals surface area contributed by atoms with E-state index in [1.165, 1.54) is 12.1 Å². The molecule has 0 aromatic heterocycles. The molecule has 0 amide bonds. The highest BCUT2D eigenvalue weighted by molar-refractivity contribution is 7.90. The smallest absolute Gasteiger partial charge is 0.335 e. The zero-order valence-electron chi connectivity index (χ0n) is 18.3. The summed E-state index contributed by atoms with van der Waals surface area (Å²) < 4.78 is 36.5. The zero-order valence-corrected chi connectivity index (χ0v) is 19.1. The molecular formula is C23H31N3O5S. The Morgan fingerprint density at radius 3 is 2.62 bits per heavy atom. The largest absolute Gasteiger partial charge is 0.478 e. The van der Waals surface area contributed by atoms with Crippen molar-refractivity contribution in [1.29, 1.82) is 4.78 Å². The molecule has 0 saturated carbocycles. The molecule has 0 radical (unpaired) electrons. The highest BCUT2D eigenvalue weighted by Crippen LogP contribution is 2.38. The first-order valence-electron chi connectivity index (χ1n) is 10.9. The van der Waals surface area contributed by atoms with E-state index in [1.54, 1.807) is 12.1 Å². The highest BCUT2D eigenvalue weighted by atomic mass is 32.2.